The van der Waals surface area contributed by atoms with Crippen molar-refractivity contribution in [3.8, 4) is 28.4 Å². The quantitative estimate of drug-likeness (QED) is 0.149. The van der Waals surface area contributed by atoms with Gasteiger partial charge in [0.25, 0.3) is 0 Å². The molecule has 6 aromatic heterocycles. The summed E-state index contributed by atoms with van der Waals surface area (Å²) in [5.41, 5.74) is 26.6. The fourth-order valence-corrected chi connectivity index (χ4v) is 16.8. The van der Waals surface area contributed by atoms with Crippen LogP contribution in [0.1, 0.15) is 233 Å². The fourth-order valence-electron chi connectivity index (χ4n) is 16.8. The summed E-state index contributed by atoms with van der Waals surface area (Å²) in [6, 6.07) is 136. The van der Waals surface area contributed by atoms with Gasteiger partial charge in [-0.25, -0.2) is 0 Å². The Hall–Kier alpha value is -13.9. The van der Waals surface area contributed by atoms with Gasteiger partial charge >= 0.3 is 0 Å². The lowest BCUT2D eigenvalue weighted by Gasteiger charge is -2.25. The highest BCUT2D eigenvalue weighted by Gasteiger charge is 2.22. The van der Waals surface area contributed by atoms with Gasteiger partial charge in [-0.1, -0.05) is 439 Å². The molecule has 6 heterocycles. The van der Waals surface area contributed by atoms with Gasteiger partial charge in [0.1, 0.15) is 0 Å². The lowest BCUT2D eigenvalue weighted by molar-refractivity contribution is 1.01. The first-order chi connectivity index (χ1) is 68.4. The highest BCUT2D eigenvalue weighted by molar-refractivity contribution is 6.16. The molecule has 138 heavy (non-hydrogen) atoms. The molecule has 0 saturated carbocycles. The molecule has 0 aliphatic rings. The third-order valence-corrected chi connectivity index (χ3v) is 21.7. The Morgan fingerprint density at radius 2 is 0.290 bits per heavy atom. The van der Waals surface area contributed by atoms with Gasteiger partial charge in [-0.15, -0.1) is 0 Å². The van der Waals surface area contributed by atoms with Crippen molar-refractivity contribution in [3.63, 3.8) is 0 Å². The predicted molar refractivity (Wildman–Crippen MR) is 631 cm³/mol. The van der Waals surface area contributed by atoms with Crippen LogP contribution in [0.15, 0.2) is 376 Å². The van der Waals surface area contributed by atoms with Gasteiger partial charge < -0.3 is 32.3 Å². The molecule has 16 aromatic carbocycles. The van der Waals surface area contributed by atoms with E-state index in [9.17, 15) is 0 Å². The number of fused-ring (bicyclic) bond motifs is 18. The number of aromatic nitrogens is 6. The highest BCUT2D eigenvalue weighted by atomic mass is 15.1. The van der Waals surface area contributed by atoms with Crippen LogP contribution in [0.5, 0.6) is 0 Å². The summed E-state index contributed by atoms with van der Waals surface area (Å²) < 4.78 is 14.4. The van der Waals surface area contributed by atoms with Crippen LogP contribution in [0.4, 0.5) is 17.1 Å². The summed E-state index contributed by atoms with van der Waals surface area (Å²) >= 11 is 0. The van der Waals surface area contributed by atoms with Gasteiger partial charge in [0.05, 0.1) is 55.2 Å². The Balaban J connectivity index is 0.000000392. The van der Waals surface area contributed by atoms with Crippen molar-refractivity contribution in [2.75, 3.05) is 4.90 Å². The van der Waals surface area contributed by atoms with Crippen molar-refractivity contribution in [2.45, 2.75) is 235 Å². The molecule has 7 heteroatoms. The van der Waals surface area contributed by atoms with Crippen LogP contribution in [0.2, 0.25) is 0 Å². The first-order valence-electron chi connectivity index (χ1n) is 52.5. The molecule has 0 spiro atoms. The molecule has 22 aromatic rings. The summed E-state index contributed by atoms with van der Waals surface area (Å²) in [5, 5.41) is 15.2. The zero-order valence-electron chi connectivity index (χ0n) is 90.9. The van der Waals surface area contributed by atoms with Crippen LogP contribution >= 0.6 is 0 Å². The molecule has 0 radical (unpaired) electrons. The Morgan fingerprint density at radius 3 is 0.507 bits per heavy atom. The highest BCUT2D eigenvalue weighted by Crippen LogP contribution is 2.43. The maximum atomic E-state index is 2.41. The molecule has 7 nitrogen and oxygen atoms in total. The molecule has 0 amide bonds. The minimum Gasteiger partial charge on any atom is -0.344 e. The standard InChI is InChI=1S/C43H29N3.C37H25N3.C19H17N.16C2H6/c1-28-18-20-29(21-19-28)44-42-24-22-30(45-38-14-6-2-10-32(38)33-11-3-7-15-39(33)45)26-36(42)37-27-31(23-25-43(37)44)46-40-16-8-4-12-34(40)35-13-5-9-17-41(35)46;1-38-32-20-18-24(39-34-14-6-2-10-26(34)27-11-3-7-15-35(27)39)22-30(32)31-23-25(19-21-33(31)38)40-36-16-8-4-12-28(36)29-13-5-9-17-37(29)40;1-16-12-14-19(15-13-16)20(17-8-4-2-5-9-17)18-10-6-3-7-11-18;16*1-2/h2-27H,1H3;2-23H,1H3;2-15H,1H3;16*1-2H3. The van der Waals surface area contributed by atoms with Crippen molar-refractivity contribution in [1.82, 2.24) is 27.4 Å². The topological polar surface area (TPSA) is 32.8 Å². The van der Waals surface area contributed by atoms with E-state index in [1.165, 1.54) is 176 Å². The molecule has 0 fully saturated rings. The predicted octanol–water partition coefficient (Wildman–Crippen LogP) is 42.7. The minimum absolute atomic E-state index is 1.16. The number of nitrogens with zero attached hydrogens (tertiary/aromatic N) is 7. The molecular formula is C131H167N7. The number of hydrogen-bond acceptors (Lipinski definition) is 1. The molecule has 0 aliphatic carbocycles. The van der Waals surface area contributed by atoms with Gasteiger partial charge in [0.15, 0.2) is 0 Å². The van der Waals surface area contributed by atoms with E-state index >= 15 is 0 Å². The Kier molecular flexibility index (Phi) is 52.9. The van der Waals surface area contributed by atoms with Crippen molar-refractivity contribution in [1.29, 1.82) is 0 Å². The zero-order valence-corrected chi connectivity index (χ0v) is 90.9. The minimum atomic E-state index is 1.16. The lowest BCUT2D eigenvalue weighted by atomic mass is 10.1. The first-order valence-corrected chi connectivity index (χ1v) is 52.5. The third-order valence-electron chi connectivity index (χ3n) is 21.7. The number of hydrogen-bond donors (Lipinski definition) is 0. The molecule has 0 saturated heterocycles. The zero-order chi connectivity index (χ0) is 103. The summed E-state index contributed by atoms with van der Waals surface area (Å²) in [5.74, 6) is 0. The third kappa shape index (κ3) is 25.3. The Labute approximate surface area is 832 Å². The van der Waals surface area contributed by atoms with Crippen LogP contribution < -0.4 is 4.90 Å². The van der Waals surface area contributed by atoms with E-state index in [4.69, 9.17) is 0 Å². The number of anilines is 3. The number of aryl methyl sites for hydroxylation is 3. The second-order valence-electron chi connectivity index (χ2n) is 27.9. The van der Waals surface area contributed by atoms with Crippen molar-refractivity contribution in [3.05, 3.63) is 387 Å². The molecule has 726 valence electrons. The SMILES string of the molecule is CC.CC.CC.CC.CC.CC.CC.CC.CC.CC.CC.CC.CC.CC.CC.CC.Cc1ccc(-n2c3ccc(-n4c5ccccc5c5ccccc54)cc3c3cc(-n4c5ccccc5c5ccccc54)ccc32)cc1.Cc1ccc(N(c2ccccc2)c2ccccc2)cc1.Cn1c2ccc(-n3c4ccccc4c4ccccc43)cc2c2cc(-n3c4ccccc4c4ccccc43)ccc21. The average Bonchev–Trinajstić information content (AvgIpc) is 1.55. The molecule has 0 bridgehead atoms. The smallest absolute Gasteiger partial charge is 0.0542 e. The molecular weight excluding hydrogens is 1670 g/mol. The summed E-state index contributed by atoms with van der Waals surface area (Å²) in [4.78, 5) is 2.26. The van der Waals surface area contributed by atoms with Gasteiger partial charge in [-0.2, -0.15) is 0 Å². The molecule has 22 rings (SSSR count). The van der Waals surface area contributed by atoms with E-state index in [1.54, 1.807) is 0 Å². The fraction of sp³-hybridized carbons (Fsp3) is 0.267. The van der Waals surface area contributed by atoms with E-state index in [1.807, 2.05) is 234 Å². The van der Waals surface area contributed by atoms with Crippen molar-refractivity contribution in [2.24, 2.45) is 7.05 Å². The number of para-hydroxylation sites is 10. The largest absolute Gasteiger partial charge is 0.344 e. The monoisotopic (exact) mass is 1840 g/mol. The van der Waals surface area contributed by atoms with E-state index in [0.717, 1.165) is 11.4 Å². The van der Waals surface area contributed by atoms with Gasteiger partial charge in [0.2, 0.25) is 0 Å². The lowest BCUT2D eigenvalue weighted by Crippen LogP contribution is -2.09. The van der Waals surface area contributed by atoms with Crippen LogP contribution in [0, 0.1) is 13.8 Å². The van der Waals surface area contributed by atoms with Crippen LogP contribution in [0.3, 0.4) is 0 Å². The second-order valence-corrected chi connectivity index (χ2v) is 27.9. The number of rotatable bonds is 8. The summed E-state index contributed by atoms with van der Waals surface area (Å²) in [7, 11) is 2.17. The average molecular weight is 1840 g/mol. The molecule has 0 aliphatic heterocycles. The maximum absolute atomic E-state index is 2.41. The van der Waals surface area contributed by atoms with Gasteiger partial charge in [-0.05, 0) is 184 Å². The van der Waals surface area contributed by atoms with E-state index in [2.05, 4.69) is 417 Å². The molecule has 0 atom stereocenters. The van der Waals surface area contributed by atoms with E-state index in [0.29, 0.717) is 0 Å². The van der Waals surface area contributed by atoms with Gasteiger partial charge in [-0.3, -0.25) is 0 Å². The Morgan fingerprint density at radius 1 is 0.138 bits per heavy atom. The van der Waals surface area contributed by atoms with E-state index in [-0.39, 0.29) is 0 Å². The Bertz CT molecular complexity index is 6570. The summed E-state index contributed by atoms with van der Waals surface area (Å²) in [6.07, 6.45) is 0. The summed E-state index contributed by atoms with van der Waals surface area (Å²) in [6.45, 7) is 68.3. The van der Waals surface area contributed by atoms with Crippen molar-refractivity contribution < 1.29 is 0 Å². The van der Waals surface area contributed by atoms with Gasteiger partial charge in [0, 0.05) is 128 Å². The molecule has 0 N–H and O–H groups in total. The van der Waals surface area contributed by atoms with E-state index < -0.39 is 0 Å². The first kappa shape index (κ1) is 116. The maximum Gasteiger partial charge on any atom is 0.0542 e. The van der Waals surface area contributed by atoms with Crippen LogP contribution in [0.25, 0.3) is 159 Å². The van der Waals surface area contributed by atoms with Crippen LogP contribution in [-0.4, -0.2) is 27.4 Å². The molecule has 0 unspecified atom stereocenters. The van der Waals surface area contributed by atoms with Crippen LogP contribution in [-0.2, 0) is 7.05 Å². The number of benzene rings is 16. The second kappa shape index (κ2) is 62.7. The normalized spacial score (nSPS) is 9.70. The van der Waals surface area contributed by atoms with Crippen molar-refractivity contribution >= 4 is 148 Å².